The van der Waals surface area contributed by atoms with Gasteiger partial charge in [-0.15, -0.1) is 11.3 Å². The van der Waals surface area contributed by atoms with E-state index >= 15 is 0 Å². The Morgan fingerprint density at radius 3 is 3.03 bits per heavy atom. The van der Waals surface area contributed by atoms with Crippen molar-refractivity contribution in [2.24, 2.45) is 5.92 Å². The zero-order chi connectivity index (χ0) is 20.1. The van der Waals surface area contributed by atoms with Crippen molar-refractivity contribution in [2.75, 3.05) is 11.9 Å². The summed E-state index contributed by atoms with van der Waals surface area (Å²) in [6.07, 6.45) is 4.21. The number of fused-ring (bicyclic) bond motifs is 4. The summed E-state index contributed by atoms with van der Waals surface area (Å²) >= 11 is 5.29. The van der Waals surface area contributed by atoms with Gasteiger partial charge < -0.3 is 10.2 Å². The fourth-order valence-corrected chi connectivity index (χ4v) is 5.41. The van der Waals surface area contributed by atoms with Gasteiger partial charge >= 0.3 is 0 Å². The van der Waals surface area contributed by atoms with Gasteiger partial charge in [0, 0.05) is 27.2 Å². The van der Waals surface area contributed by atoms with Gasteiger partial charge in [0.1, 0.15) is 17.0 Å². The Morgan fingerprint density at radius 1 is 1.34 bits per heavy atom. The van der Waals surface area contributed by atoms with Gasteiger partial charge in [0.25, 0.3) is 0 Å². The van der Waals surface area contributed by atoms with Gasteiger partial charge in [0.2, 0.25) is 5.91 Å². The molecule has 1 amide bonds. The van der Waals surface area contributed by atoms with Crippen molar-refractivity contribution < 1.29 is 4.79 Å². The van der Waals surface area contributed by atoms with Crippen LogP contribution in [0.1, 0.15) is 24.3 Å². The monoisotopic (exact) mass is 470 g/mol. The minimum absolute atomic E-state index is 0.0122. The van der Waals surface area contributed by atoms with Crippen LogP contribution >= 0.6 is 27.3 Å². The van der Waals surface area contributed by atoms with Crippen molar-refractivity contribution in [3.63, 3.8) is 0 Å². The highest BCUT2D eigenvalue weighted by Crippen LogP contribution is 2.39. The fraction of sp³-hybridized carbons (Fsp3) is 0.300. The first kappa shape index (κ1) is 18.5. The third-order valence-electron chi connectivity index (χ3n) is 5.22. The first-order chi connectivity index (χ1) is 14.0. The van der Waals surface area contributed by atoms with Crippen molar-refractivity contribution in [2.45, 2.75) is 26.8 Å². The molecule has 5 rings (SSSR count). The minimum Gasteiger partial charge on any atom is -0.339 e. The van der Waals surface area contributed by atoms with Crippen molar-refractivity contribution >= 4 is 65.8 Å². The Morgan fingerprint density at radius 2 is 2.21 bits per heavy atom. The number of nitrogens with zero attached hydrogens (tertiary/aromatic N) is 4. The van der Waals surface area contributed by atoms with Crippen LogP contribution in [-0.2, 0) is 17.8 Å². The maximum Gasteiger partial charge on any atom is 0.225 e. The molecule has 148 valence electrons. The third-order valence-corrected chi connectivity index (χ3v) is 7.00. The quantitative estimate of drug-likeness (QED) is 0.456. The van der Waals surface area contributed by atoms with E-state index in [0.29, 0.717) is 6.54 Å². The molecule has 4 aromatic rings. The predicted molar refractivity (Wildman–Crippen MR) is 118 cm³/mol. The molecule has 0 saturated heterocycles. The summed E-state index contributed by atoms with van der Waals surface area (Å²) in [5, 5.41) is 12.6. The topological polar surface area (TPSA) is 86.8 Å². The molecule has 1 aliphatic heterocycles. The molecule has 7 nitrogen and oxygen atoms in total. The number of halogens is 1. The Balaban J connectivity index is 1.54. The van der Waals surface area contributed by atoms with E-state index in [1.165, 1.54) is 10.4 Å². The van der Waals surface area contributed by atoms with E-state index in [1.54, 1.807) is 23.9 Å². The van der Waals surface area contributed by atoms with Crippen LogP contribution in [0.2, 0.25) is 0 Å². The molecule has 29 heavy (non-hydrogen) atoms. The molecule has 4 heterocycles. The highest BCUT2D eigenvalue weighted by molar-refractivity contribution is 9.10. The molecule has 0 atom stereocenters. The van der Waals surface area contributed by atoms with Crippen LogP contribution in [0.4, 0.5) is 11.5 Å². The molecular formula is C20H19BrN6OS. The van der Waals surface area contributed by atoms with Gasteiger partial charge in [0.05, 0.1) is 29.3 Å². The average molecular weight is 471 g/mol. The van der Waals surface area contributed by atoms with Gasteiger partial charge in [-0.2, -0.15) is 5.10 Å². The van der Waals surface area contributed by atoms with Crippen molar-refractivity contribution in [1.29, 1.82) is 0 Å². The van der Waals surface area contributed by atoms with Gasteiger partial charge in [-0.3, -0.25) is 9.89 Å². The Hall–Kier alpha value is -2.52. The van der Waals surface area contributed by atoms with Crippen LogP contribution in [0, 0.1) is 5.92 Å². The number of aromatic amines is 1. The molecular weight excluding hydrogens is 452 g/mol. The second-order valence-electron chi connectivity index (χ2n) is 7.49. The summed E-state index contributed by atoms with van der Waals surface area (Å²) in [4.78, 5) is 25.6. The lowest BCUT2D eigenvalue weighted by Crippen LogP contribution is -2.37. The average Bonchev–Trinajstić information content (AvgIpc) is 3.30. The van der Waals surface area contributed by atoms with Crippen LogP contribution in [0.5, 0.6) is 0 Å². The molecule has 0 spiro atoms. The lowest BCUT2D eigenvalue weighted by atomic mass is 10.0. The summed E-state index contributed by atoms with van der Waals surface area (Å²) in [6, 6.07) is 4.04. The van der Waals surface area contributed by atoms with Crippen LogP contribution in [0.3, 0.4) is 0 Å². The number of aromatic nitrogens is 4. The molecule has 1 aliphatic rings. The van der Waals surface area contributed by atoms with Gasteiger partial charge in [-0.1, -0.05) is 13.8 Å². The molecule has 0 saturated carbocycles. The summed E-state index contributed by atoms with van der Waals surface area (Å²) in [7, 11) is 0. The molecule has 0 aliphatic carbocycles. The highest BCUT2D eigenvalue weighted by atomic mass is 79.9. The number of rotatable bonds is 3. The van der Waals surface area contributed by atoms with Crippen molar-refractivity contribution in [3.8, 4) is 0 Å². The molecule has 0 fully saturated rings. The van der Waals surface area contributed by atoms with E-state index in [1.807, 2.05) is 30.9 Å². The van der Waals surface area contributed by atoms with Crippen molar-refractivity contribution in [3.05, 3.63) is 39.6 Å². The normalized spacial score (nSPS) is 14.0. The number of H-pyrrole nitrogens is 1. The maximum atomic E-state index is 12.4. The van der Waals surface area contributed by atoms with Crippen LogP contribution < -0.4 is 5.32 Å². The van der Waals surface area contributed by atoms with Crippen LogP contribution in [0.15, 0.2) is 29.1 Å². The minimum atomic E-state index is 0.0122. The van der Waals surface area contributed by atoms with E-state index in [2.05, 4.69) is 41.4 Å². The molecule has 0 unspecified atom stereocenters. The molecule has 3 aromatic heterocycles. The predicted octanol–water partition coefficient (Wildman–Crippen LogP) is 4.61. The summed E-state index contributed by atoms with van der Waals surface area (Å²) in [6.45, 7) is 5.28. The maximum absolute atomic E-state index is 12.4. The lowest BCUT2D eigenvalue weighted by Gasteiger charge is -2.28. The summed E-state index contributed by atoms with van der Waals surface area (Å²) in [5.74, 6) is 1.01. The molecule has 0 bridgehead atoms. The second-order valence-corrected chi connectivity index (χ2v) is 9.42. The number of nitrogens with one attached hydrogen (secondary N) is 2. The van der Waals surface area contributed by atoms with E-state index in [4.69, 9.17) is 0 Å². The number of carbonyl (C=O) groups excluding carboxylic acids is 1. The van der Waals surface area contributed by atoms with Gasteiger partial charge in [-0.05, 0) is 40.0 Å². The first-order valence-electron chi connectivity index (χ1n) is 9.45. The lowest BCUT2D eigenvalue weighted by molar-refractivity contribution is -0.135. The number of hydrogen-bond donors (Lipinski definition) is 2. The smallest absolute Gasteiger partial charge is 0.225 e. The SMILES string of the molecule is CC(C)C(=O)N1CCc2c(sc3ncnc(Nc4cc5cn[nH]c5cc4Br)c23)C1. The van der Waals surface area contributed by atoms with Crippen LogP contribution in [0.25, 0.3) is 21.1 Å². The number of amides is 1. The standard InChI is InChI=1S/C20H19BrN6OS/c1-10(2)20(28)27-4-3-12-16(8-27)29-19-17(12)18(22-9-23-19)25-15-5-11-7-24-26-14(11)6-13(15)21/h5-7,9-10H,3-4,8H2,1-2H3,(H,24,26)(H,22,23,25). The molecule has 9 heteroatoms. The highest BCUT2D eigenvalue weighted by Gasteiger charge is 2.27. The molecule has 0 radical (unpaired) electrons. The van der Waals surface area contributed by atoms with Crippen molar-refractivity contribution in [1.82, 2.24) is 25.1 Å². The van der Waals surface area contributed by atoms with Crippen LogP contribution in [-0.4, -0.2) is 37.5 Å². The third kappa shape index (κ3) is 3.18. The number of thiophene rings is 1. The van der Waals surface area contributed by atoms with E-state index in [9.17, 15) is 4.79 Å². The number of carbonyl (C=O) groups is 1. The Labute approximate surface area is 179 Å². The summed E-state index contributed by atoms with van der Waals surface area (Å²) in [5.41, 5.74) is 3.14. The first-order valence-corrected chi connectivity index (χ1v) is 11.1. The number of hydrogen-bond acceptors (Lipinski definition) is 6. The zero-order valence-electron chi connectivity index (χ0n) is 16.0. The molecule has 2 N–H and O–H groups in total. The van der Waals surface area contributed by atoms with Gasteiger partial charge in [-0.25, -0.2) is 9.97 Å². The van der Waals surface area contributed by atoms with E-state index in [0.717, 1.165) is 50.1 Å². The van der Waals surface area contributed by atoms with Gasteiger partial charge in [0.15, 0.2) is 0 Å². The second kappa shape index (κ2) is 7.07. The largest absolute Gasteiger partial charge is 0.339 e. The molecule has 1 aromatic carbocycles. The van der Waals surface area contributed by atoms with E-state index < -0.39 is 0 Å². The Bertz CT molecular complexity index is 1250. The zero-order valence-corrected chi connectivity index (χ0v) is 18.4. The Kier molecular flexibility index (Phi) is 4.51. The number of benzene rings is 1. The number of anilines is 2. The summed E-state index contributed by atoms with van der Waals surface area (Å²) < 4.78 is 0.929. The van der Waals surface area contributed by atoms with E-state index in [-0.39, 0.29) is 11.8 Å². The fourth-order valence-electron chi connectivity index (χ4n) is 3.76.